The number of likely N-dealkylation sites (N-methyl/N-ethyl adjacent to an activating group) is 2. The number of urea groups is 1. The number of primary amides is 1. The summed E-state index contributed by atoms with van der Waals surface area (Å²) in [6.45, 7) is 3.11. The van der Waals surface area contributed by atoms with Crippen LogP contribution in [0.3, 0.4) is 0 Å². The molecule has 2 bridgehead atoms. The highest BCUT2D eigenvalue weighted by atomic mass is 16.2. The van der Waals surface area contributed by atoms with Crippen molar-refractivity contribution in [3.8, 4) is 6.07 Å². The van der Waals surface area contributed by atoms with Crippen LogP contribution in [0.2, 0.25) is 0 Å². The minimum absolute atomic E-state index is 0.0692. The van der Waals surface area contributed by atoms with Gasteiger partial charge < -0.3 is 20.9 Å². The molecule has 31 heavy (non-hydrogen) atoms. The van der Waals surface area contributed by atoms with Gasteiger partial charge in [-0.3, -0.25) is 4.79 Å². The summed E-state index contributed by atoms with van der Waals surface area (Å²) in [6.07, 6.45) is 1.67. The van der Waals surface area contributed by atoms with Crippen molar-refractivity contribution in [2.24, 2.45) is 5.73 Å². The monoisotopic (exact) mass is 417 g/mol. The van der Waals surface area contributed by atoms with Gasteiger partial charge in [0.2, 0.25) is 5.91 Å². The zero-order chi connectivity index (χ0) is 22.3. The number of carbonyl (C=O) groups excluding carboxylic acids is 2. The number of benzene rings is 2. The number of fused-ring (bicyclic) bond motifs is 4. The maximum atomic E-state index is 13.2. The standard InChI is InChI=1S/C24H27N5O2/c1-24-10-11-28(2)20(13-16-6-7-17(22(26)30)12-19(16)24)21(24)29(3)23(31)27-18-8-4-15(14-25)5-9-18/h4-9,12,20-21H,10-11,13H2,1-3H3,(H2,26,30)(H,27,31)/t20-,21-,24-/m1/s1. The lowest BCUT2D eigenvalue weighted by Crippen LogP contribution is -2.67. The number of nitrogens with zero attached hydrogens (tertiary/aromatic N) is 3. The first-order valence-electron chi connectivity index (χ1n) is 10.4. The van der Waals surface area contributed by atoms with E-state index in [4.69, 9.17) is 11.0 Å². The van der Waals surface area contributed by atoms with E-state index in [-0.39, 0.29) is 23.5 Å². The number of nitrogens with one attached hydrogen (secondary N) is 1. The Morgan fingerprint density at radius 1 is 1.26 bits per heavy atom. The van der Waals surface area contributed by atoms with Crippen molar-refractivity contribution in [2.45, 2.75) is 37.3 Å². The first-order chi connectivity index (χ1) is 14.7. The minimum atomic E-state index is -0.440. The van der Waals surface area contributed by atoms with Crippen LogP contribution in [0.4, 0.5) is 10.5 Å². The van der Waals surface area contributed by atoms with Gasteiger partial charge in [-0.05, 0) is 74.0 Å². The average Bonchev–Trinajstić information content (AvgIpc) is 2.76. The van der Waals surface area contributed by atoms with Crippen LogP contribution in [0.15, 0.2) is 42.5 Å². The van der Waals surface area contributed by atoms with E-state index in [1.54, 1.807) is 35.2 Å². The fraction of sp³-hybridized carbons (Fsp3) is 0.375. The average molecular weight is 418 g/mol. The van der Waals surface area contributed by atoms with Crippen LogP contribution in [0, 0.1) is 11.3 Å². The van der Waals surface area contributed by atoms with Gasteiger partial charge in [0.05, 0.1) is 17.7 Å². The second-order valence-corrected chi connectivity index (χ2v) is 8.83. The molecule has 7 nitrogen and oxygen atoms in total. The van der Waals surface area contributed by atoms with Crippen molar-refractivity contribution in [1.29, 1.82) is 5.26 Å². The number of carbonyl (C=O) groups is 2. The Hall–Kier alpha value is -3.37. The molecule has 1 aliphatic carbocycles. The topological polar surface area (TPSA) is 102 Å². The van der Waals surface area contributed by atoms with Gasteiger partial charge in [0.15, 0.2) is 0 Å². The van der Waals surface area contributed by atoms with Gasteiger partial charge in [-0.25, -0.2) is 4.79 Å². The number of piperidine rings is 1. The Bertz CT molecular complexity index is 1070. The molecule has 2 aliphatic rings. The Kier molecular flexibility index (Phi) is 5.19. The van der Waals surface area contributed by atoms with E-state index < -0.39 is 5.91 Å². The lowest BCUT2D eigenvalue weighted by Gasteiger charge is -2.57. The third kappa shape index (κ3) is 3.53. The number of hydrogen-bond acceptors (Lipinski definition) is 4. The summed E-state index contributed by atoms with van der Waals surface area (Å²) in [5, 5.41) is 11.9. The van der Waals surface area contributed by atoms with Gasteiger partial charge in [-0.15, -0.1) is 0 Å². The molecule has 3 amide bonds. The van der Waals surface area contributed by atoms with E-state index in [0.717, 1.165) is 24.9 Å². The zero-order valence-corrected chi connectivity index (χ0v) is 18.1. The fourth-order valence-corrected chi connectivity index (χ4v) is 5.27. The second-order valence-electron chi connectivity index (χ2n) is 8.83. The predicted molar refractivity (Wildman–Crippen MR) is 119 cm³/mol. The Morgan fingerprint density at radius 3 is 2.61 bits per heavy atom. The van der Waals surface area contributed by atoms with Crippen LogP contribution in [-0.2, 0) is 11.8 Å². The molecule has 1 heterocycles. The molecular formula is C24H27N5O2. The molecule has 0 saturated carbocycles. The second kappa shape index (κ2) is 7.71. The maximum Gasteiger partial charge on any atom is 0.321 e. The third-order valence-corrected chi connectivity index (χ3v) is 7.01. The van der Waals surface area contributed by atoms with Crippen LogP contribution in [0.1, 0.15) is 40.4 Å². The number of nitrogens with two attached hydrogens (primary N) is 1. The van der Waals surface area contributed by atoms with E-state index in [1.165, 1.54) is 5.56 Å². The summed E-state index contributed by atoms with van der Waals surface area (Å²) in [7, 11) is 3.93. The van der Waals surface area contributed by atoms with E-state index in [0.29, 0.717) is 16.8 Å². The van der Waals surface area contributed by atoms with Crippen LogP contribution in [0.25, 0.3) is 0 Å². The molecule has 1 saturated heterocycles. The smallest absolute Gasteiger partial charge is 0.321 e. The molecule has 3 N–H and O–H groups in total. The van der Waals surface area contributed by atoms with Gasteiger partial charge in [-0.2, -0.15) is 5.26 Å². The minimum Gasteiger partial charge on any atom is -0.366 e. The number of anilines is 1. The van der Waals surface area contributed by atoms with E-state index >= 15 is 0 Å². The summed E-state index contributed by atoms with van der Waals surface area (Å²) >= 11 is 0. The normalized spacial score (nSPS) is 24.6. The predicted octanol–water partition coefficient (Wildman–Crippen LogP) is 2.71. The summed E-state index contributed by atoms with van der Waals surface area (Å²) < 4.78 is 0. The molecule has 1 aliphatic heterocycles. The lowest BCUT2D eigenvalue weighted by molar-refractivity contribution is 0.0214. The molecule has 3 atom stereocenters. The van der Waals surface area contributed by atoms with Gasteiger partial charge in [0.1, 0.15) is 0 Å². The number of amides is 3. The van der Waals surface area contributed by atoms with Crippen molar-refractivity contribution in [3.05, 3.63) is 64.7 Å². The largest absolute Gasteiger partial charge is 0.366 e. The quantitative estimate of drug-likeness (QED) is 0.801. The number of nitriles is 1. The van der Waals surface area contributed by atoms with Gasteiger partial charge >= 0.3 is 6.03 Å². The summed E-state index contributed by atoms with van der Waals surface area (Å²) in [5.41, 5.74) is 9.26. The number of rotatable bonds is 3. The van der Waals surface area contributed by atoms with E-state index in [9.17, 15) is 9.59 Å². The molecule has 0 radical (unpaired) electrons. The Morgan fingerprint density at radius 2 is 1.97 bits per heavy atom. The van der Waals surface area contributed by atoms with E-state index in [1.807, 2.05) is 19.2 Å². The lowest BCUT2D eigenvalue weighted by atomic mass is 9.61. The molecule has 1 fully saturated rings. The fourth-order valence-electron chi connectivity index (χ4n) is 5.27. The van der Waals surface area contributed by atoms with Gasteiger partial charge in [0.25, 0.3) is 0 Å². The highest BCUT2D eigenvalue weighted by Crippen LogP contribution is 2.46. The van der Waals surface area contributed by atoms with Crippen LogP contribution >= 0.6 is 0 Å². The number of hydrogen-bond donors (Lipinski definition) is 2. The summed E-state index contributed by atoms with van der Waals surface area (Å²) in [4.78, 5) is 29.1. The van der Waals surface area contributed by atoms with Crippen molar-refractivity contribution < 1.29 is 9.59 Å². The maximum absolute atomic E-state index is 13.2. The molecule has 0 unspecified atom stereocenters. The molecule has 0 aromatic heterocycles. The summed E-state index contributed by atoms with van der Waals surface area (Å²) in [5.74, 6) is -0.440. The molecule has 2 aromatic carbocycles. The van der Waals surface area contributed by atoms with Crippen molar-refractivity contribution >= 4 is 17.6 Å². The molecule has 7 heteroatoms. The van der Waals surface area contributed by atoms with Crippen molar-refractivity contribution in [1.82, 2.24) is 9.80 Å². The molecular weight excluding hydrogens is 390 g/mol. The van der Waals surface area contributed by atoms with E-state index in [2.05, 4.69) is 30.3 Å². The first kappa shape index (κ1) is 20.9. The zero-order valence-electron chi connectivity index (χ0n) is 18.1. The van der Waals surface area contributed by atoms with Gasteiger partial charge in [0, 0.05) is 29.8 Å². The summed E-state index contributed by atoms with van der Waals surface area (Å²) in [6, 6.07) is 14.5. The van der Waals surface area contributed by atoms with Gasteiger partial charge in [-0.1, -0.05) is 13.0 Å². The SMILES string of the molecule is CN1CC[C@]2(C)c3cc(C(N)=O)ccc3C[C@@H]1[C@H]2N(C)C(=O)Nc1ccc(C#N)cc1. The van der Waals surface area contributed by atoms with Crippen LogP contribution < -0.4 is 11.1 Å². The first-order valence-corrected chi connectivity index (χ1v) is 10.4. The molecule has 4 rings (SSSR count). The van der Waals surface area contributed by atoms with Crippen LogP contribution in [-0.4, -0.2) is 54.5 Å². The molecule has 2 aromatic rings. The highest BCUT2D eigenvalue weighted by molar-refractivity contribution is 5.93. The number of likely N-dealkylation sites (tertiary alicyclic amines) is 1. The molecule has 160 valence electrons. The Balaban J connectivity index is 1.67. The van der Waals surface area contributed by atoms with Crippen molar-refractivity contribution in [3.63, 3.8) is 0 Å². The molecule has 0 spiro atoms. The highest BCUT2D eigenvalue weighted by Gasteiger charge is 2.52. The Labute approximate surface area is 182 Å². The van der Waals surface area contributed by atoms with Crippen molar-refractivity contribution in [2.75, 3.05) is 26.0 Å². The third-order valence-electron chi connectivity index (χ3n) is 7.01. The van der Waals surface area contributed by atoms with Crippen LogP contribution in [0.5, 0.6) is 0 Å².